The molecular weight excluding hydrogens is 116 g/mol. The van der Waals surface area contributed by atoms with Crippen molar-refractivity contribution in [1.29, 1.82) is 0 Å². The van der Waals surface area contributed by atoms with Crippen LogP contribution in [0, 0.1) is 6.92 Å². The zero-order valence-electron chi connectivity index (χ0n) is 5.42. The highest BCUT2D eigenvalue weighted by atomic mass is 16.3. The fourth-order valence-electron chi connectivity index (χ4n) is 0.758. The molecule has 1 aromatic heterocycles. The lowest BCUT2D eigenvalue weighted by atomic mass is 10.2. The third kappa shape index (κ3) is 1.57. The Balaban J connectivity index is 2.61. The van der Waals surface area contributed by atoms with Crippen LogP contribution in [0.15, 0.2) is 16.7 Å². The number of hydrogen-bond donors (Lipinski definition) is 1. The van der Waals surface area contributed by atoms with Crippen LogP contribution in [0.5, 0.6) is 0 Å². The maximum absolute atomic E-state index is 8.49. The van der Waals surface area contributed by atoms with Crippen molar-refractivity contribution in [2.24, 2.45) is 0 Å². The zero-order chi connectivity index (χ0) is 6.69. The van der Waals surface area contributed by atoms with Gasteiger partial charge in [-0.2, -0.15) is 0 Å². The second kappa shape index (κ2) is 2.69. The summed E-state index contributed by atoms with van der Waals surface area (Å²) in [6.07, 6.45) is 2.36. The topological polar surface area (TPSA) is 33.4 Å². The normalized spacial score (nSPS) is 10.0. The first-order valence-corrected chi connectivity index (χ1v) is 2.98. The summed E-state index contributed by atoms with van der Waals surface area (Å²) in [5.74, 6) is 0.901. The largest absolute Gasteiger partial charge is 0.469 e. The van der Waals surface area contributed by atoms with Crippen molar-refractivity contribution < 1.29 is 9.52 Å². The third-order valence-corrected chi connectivity index (χ3v) is 1.19. The van der Waals surface area contributed by atoms with Crippen molar-refractivity contribution in [3.63, 3.8) is 0 Å². The Bertz CT molecular complexity index is 179. The monoisotopic (exact) mass is 126 g/mol. The molecule has 0 fully saturated rings. The van der Waals surface area contributed by atoms with E-state index < -0.39 is 0 Å². The van der Waals surface area contributed by atoms with Gasteiger partial charge in [-0.1, -0.05) is 0 Å². The minimum atomic E-state index is 0.193. The lowest BCUT2D eigenvalue weighted by molar-refractivity contribution is 0.299. The first-order chi connectivity index (χ1) is 4.33. The van der Waals surface area contributed by atoms with Gasteiger partial charge < -0.3 is 9.52 Å². The molecule has 9 heavy (non-hydrogen) atoms. The second-order valence-corrected chi connectivity index (χ2v) is 2.04. The van der Waals surface area contributed by atoms with Crippen LogP contribution >= 0.6 is 0 Å². The zero-order valence-corrected chi connectivity index (χ0v) is 5.42. The molecule has 50 valence electrons. The predicted octanol–water partition coefficient (Wildman–Crippen LogP) is 1.12. The van der Waals surface area contributed by atoms with Crippen LogP contribution in [0.2, 0.25) is 0 Å². The molecule has 1 rings (SSSR count). The van der Waals surface area contributed by atoms with Gasteiger partial charge in [-0.15, -0.1) is 0 Å². The first kappa shape index (κ1) is 6.36. The summed E-state index contributed by atoms with van der Waals surface area (Å²) < 4.78 is 5.01. The minimum absolute atomic E-state index is 0.193. The van der Waals surface area contributed by atoms with Crippen LogP contribution in [0.3, 0.4) is 0 Å². The lowest BCUT2D eigenvalue weighted by Gasteiger charge is -1.84. The van der Waals surface area contributed by atoms with Crippen molar-refractivity contribution in [1.82, 2.24) is 0 Å². The number of rotatable bonds is 2. The number of furan rings is 1. The SMILES string of the molecule is Cc1cc(CCO)co1. The standard InChI is InChI=1S/C7H10O2/c1-6-4-7(2-3-8)5-9-6/h4-5,8H,2-3H2,1H3. The van der Waals surface area contributed by atoms with Crippen molar-refractivity contribution in [2.45, 2.75) is 13.3 Å². The average Bonchev–Trinajstić information content (AvgIpc) is 2.17. The van der Waals surface area contributed by atoms with Crippen LogP contribution < -0.4 is 0 Å². The second-order valence-electron chi connectivity index (χ2n) is 2.04. The highest BCUT2D eigenvalue weighted by Gasteiger charge is 1.94. The predicted molar refractivity (Wildman–Crippen MR) is 34.2 cm³/mol. The maximum Gasteiger partial charge on any atom is 0.100 e. The van der Waals surface area contributed by atoms with Gasteiger partial charge in [0.2, 0.25) is 0 Å². The van der Waals surface area contributed by atoms with Crippen LogP contribution in [-0.2, 0) is 6.42 Å². The number of hydrogen-bond acceptors (Lipinski definition) is 2. The van der Waals surface area contributed by atoms with Crippen LogP contribution in [0.1, 0.15) is 11.3 Å². The number of aliphatic hydroxyl groups is 1. The molecule has 1 aromatic rings. The Labute approximate surface area is 54.1 Å². The Morgan fingerprint density at radius 3 is 2.89 bits per heavy atom. The molecular formula is C7H10O2. The molecule has 0 atom stereocenters. The Morgan fingerprint density at radius 1 is 1.67 bits per heavy atom. The van der Waals surface area contributed by atoms with Crippen LogP contribution in [0.25, 0.3) is 0 Å². The van der Waals surface area contributed by atoms with Crippen molar-refractivity contribution >= 4 is 0 Å². The Hall–Kier alpha value is -0.760. The summed E-state index contributed by atoms with van der Waals surface area (Å²) in [5.41, 5.74) is 1.06. The highest BCUT2D eigenvalue weighted by molar-refractivity contribution is 5.11. The summed E-state index contributed by atoms with van der Waals surface area (Å²) in [6.45, 7) is 2.08. The van der Waals surface area contributed by atoms with E-state index in [1.54, 1.807) is 6.26 Å². The summed E-state index contributed by atoms with van der Waals surface area (Å²) in [5, 5.41) is 8.49. The Kier molecular flexibility index (Phi) is 1.90. The smallest absolute Gasteiger partial charge is 0.100 e. The molecule has 0 spiro atoms. The van der Waals surface area contributed by atoms with Crippen LogP contribution in [-0.4, -0.2) is 11.7 Å². The van der Waals surface area contributed by atoms with Crippen molar-refractivity contribution in [2.75, 3.05) is 6.61 Å². The highest BCUT2D eigenvalue weighted by Crippen LogP contribution is 2.05. The number of aliphatic hydroxyl groups excluding tert-OH is 1. The molecule has 1 heterocycles. The molecule has 0 saturated heterocycles. The van der Waals surface area contributed by atoms with Crippen molar-refractivity contribution in [3.05, 3.63) is 23.7 Å². The minimum Gasteiger partial charge on any atom is -0.469 e. The maximum atomic E-state index is 8.49. The third-order valence-electron chi connectivity index (χ3n) is 1.19. The molecule has 0 amide bonds. The van der Waals surface area contributed by atoms with Gasteiger partial charge in [0.15, 0.2) is 0 Å². The molecule has 0 saturated carbocycles. The molecule has 0 aliphatic rings. The van der Waals surface area contributed by atoms with E-state index in [1.165, 1.54) is 0 Å². The van der Waals surface area contributed by atoms with E-state index in [4.69, 9.17) is 9.52 Å². The van der Waals surface area contributed by atoms with E-state index in [9.17, 15) is 0 Å². The fourth-order valence-corrected chi connectivity index (χ4v) is 0.758. The quantitative estimate of drug-likeness (QED) is 0.644. The van der Waals surface area contributed by atoms with E-state index in [-0.39, 0.29) is 6.61 Å². The molecule has 1 N–H and O–H groups in total. The van der Waals surface area contributed by atoms with Crippen molar-refractivity contribution in [3.8, 4) is 0 Å². The molecule has 0 aromatic carbocycles. The summed E-state index contributed by atoms with van der Waals surface area (Å²) in [7, 11) is 0. The van der Waals surface area contributed by atoms with E-state index in [0.717, 1.165) is 11.3 Å². The van der Waals surface area contributed by atoms with E-state index in [0.29, 0.717) is 6.42 Å². The molecule has 0 radical (unpaired) electrons. The number of aryl methyl sites for hydroxylation is 1. The summed E-state index contributed by atoms with van der Waals surface area (Å²) in [6, 6.07) is 1.93. The molecule has 0 aliphatic carbocycles. The van der Waals surface area contributed by atoms with Gasteiger partial charge in [0.05, 0.1) is 6.26 Å². The van der Waals surface area contributed by atoms with E-state index >= 15 is 0 Å². The molecule has 0 aliphatic heterocycles. The molecule has 0 bridgehead atoms. The van der Waals surface area contributed by atoms with Gasteiger partial charge in [0.25, 0.3) is 0 Å². The van der Waals surface area contributed by atoms with Gasteiger partial charge in [0, 0.05) is 6.61 Å². The van der Waals surface area contributed by atoms with Gasteiger partial charge in [-0.05, 0) is 25.0 Å². The van der Waals surface area contributed by atoms with E-state index in [2.05, 4.69) is 0 Å². The summed E-state index contributed by atoms with van der Waals surface area (Å²) >= 11 is 0. The molecule has 0 unspecified atom stereocenters. The molecule has 2 heteroatoms. The first-order valence-electron chi connectivity index (χ1n) is 2.98. The van der Waals surface area contributed by atoms with Crippen LogP contribution in [0.4, 0.5) is 0 Å². The van der Waals surface area contributed by atoms with Gasteiger partial charge in [-0.3, -0.25) is 0 Å². The summed E-state index contributed by atoms with van der Waals surface area (Å²) in [4.78, 5) is 0. The fraction of sp³-hybridized carbons (Fsp3) is 0.429. The van der Waals surface area contributed by atoms with Gasteiger partial charge >= 0.3 is 0 Å². The van der Waals surface area contributed by atoms with Gasteiger partial charge in [-0.25, -0.2) is 0 Å². The van der Waals surface area contributed by atoms with Gasteiger partial charge in [0.1, 0.15) is 5.76 Å². The lowest BCUT2D eigenvalue weighted by Crippen LogP contribution is -1.85. The van der Waals surface area contributed by atoms with E-state index in [1.807, 2.05) is 13.0 Å². The molecule has 2 nitrogen and oxygen atoms in total. The average molecular weight is 126 g/mol. The Morgan fingerprint density at radius 2 is 2.44 bits per heavy atom.